The summed E-state index contributed by atoms with van der Waals surface area (Å²) >= 11 is 0. The predicted molar refractivity (Wildman–Crippen MR) is 75.2 cm³/mol. The van der Waals surface area contributed by atoms with Gasteiger partial charge in [-0.05, 0) is 24.7 Å². The molecule has 0 bridgehead atoms. The Bertz CT molecular complexity index is 518. The maximum atomic E-state index is 10.8. The SMILES string of the molecule is CC1CC=CCC1COc1cc([N+](=O)[O-])cc(NN)n1. The Balaban J connectivity index is 2.06. The average Bonchev–Trinajstić information content (AvgIpc) is 2.46. The molecule has 1 heterocycles. The van der Waals surface area contributed by atoms with Gasteiger partial charge >= 0.3 is 0 Å². The number of nitrogens with one attached hydrogen (secondary N) is 1. The summed E-state index contributed by atoms with van der Waals surface area (Å²) in [7, 11) is 0. The third kappa shape index (κ3) is 3.45. The van der Waals surface area contributed by atoms with Gasteiger partial charge in [0.05, 0.1) is 23.7 Å². The number of nitrogen functional groups attached to an aromatic ring is 1. The topological polar surface area (TPSA) is 103 Å². The molecule has 1 aliphatic rings. The molecule has 1 aromatic rings. The van der Waals surface area contributed by atoms with Crippen LogP contribution in [0.3, 0.4) is 0 Å². The summed E-state index contributed by atoms with van der Waals surface area (Å²) in [6.07, 6.45) is 6.30. The highest BCUT2D eigenvalue weighted by Crippen LogP contribution is 2.27. The zero-order valence-electron chi connectivity index (χ0n) is 11.3. The van der Waals surface area contributed by atoms with E-state index in [1.54, 1.807) is 0 Å². The van der Waals surface area contributed by atoms with Gasteiger partial charge in [-0.15, -0.1) is 0 Å². The van der Waals surface area contributed by atoms with Crippen molar-refractivity contribution in [3.8, 4) is 5.88 Å². The van der Waals surface area contributed by atoms with Crippen molar-refractivity contribution in [1.29, 1.82) is 0 Å². The van der Waals surface area contributed by atoms with Crippen molar-refractivity contribution >= 4 is 11.5 Å². The van der Waals surface area contributed by atoms with Crippen LogP contribution in [0, 0.1) is 22.0 Å². The van der Waals surface area contributed by atoms with E-state index in [2.05, 4.69) is 29.5 Å². The van der Waals surface area contributed by atoms with Gasteiger partial charge in [0.1, 0.15) is 0 Å². The highest BCUT2D eigenvalue weighted by atomic mass is 16.6. The Hall–Kier alpha value is -2.15. The number of nitro groups is 1. The Morgan fingerprint density at radius 3 is 2.90 bits per heavy atom. The number of allylic oxidation sites excluding steroid dienone is 2. The monoisotopic (exact) mass is 278 g/mol. The summed E-state index contributed by atoms with van der Waals surface area (Å²) < 4.78 is 5.60. The van der Waals surface area contributed by atoms with Gasteiger partial charge in [0.2, 0.25) is 5.88 Å². The van der Waals surface area contributed by atoms with Crippen molar-refractivity contribution in [2.24, 2.45) is 17.7 Å². The lowest BCUT2D eigenvalue weighted by molar-refractivity contribution is -0.384. The molecule has 0 saturated carbocycles. The summed E-state index contributed by atoms with van der Waals surface area (Å²) in [6.45, 7) is 2.66. The van der Waals surface area contributed by atoms with Gasteiger partial charge in [0.25, 0.3) is 5.69 Å². The third-order valence-electron chi connectivity index (χ3n) is 3.51. The van der Waals surface area contributed by atoms with E-state index in [9.17, 15) is 10.1 Å². The van der Waals surface area contributed by atoms with Gasteiger partial charge in [-0.25, -0.2) is 5.84 Å². The van der Waals surface area contributed by atoms with E-state index in [4.69, 9.17) is 10.6 Å². The summed E-state index contributed by atoms with van der Waals surface area (Å²) in [5.41, 5.74) is 2.20. The fraction of sp³-hybridized carbons (Fsp3) is 0.462. The molecule has 1 aromatic heterocycles. The Morgan fingerprint density at radius 2 is 2.25 bits per heavy atom. The van der Waals surface area contributed by atoms with Crippen LogP contribution in [0.1, 0.15) is 19.8 Å². The van der Waals surface area contributed by atoms with Gasteiger partial charge in [-0.2, -0.15) is 4.98 Å². The number of nitrogens with zero attached hydrogens (tertiary/aromatic N) is 2. The van der Waals surface area contributed by atoms with Crippen molar-refractivity contribution in [3.63, 3.8) is 0 Å². The van der Waals surface area contributed by atoms with Crippen molar-refractivity contribution in [1.82, 2.24) is 4.98 Å². The minimum Gasteiger partial charge on any atom is -0.477 e. The van der Waals surface area contributed by atoms with Gasteiger partial charge in [0, 0.05) is 0 Å². The van der Waals surface area contributed by atoms with Crippen LogP contribution < -0.4 is 16.0 Å². The van der Waals surface area contributed by atoms with E-state index in [-0.39, 0.29) is 17.4 Å². The summed E-state index contributed by atoms with van der Waals surface area (Å²) in [5.74, 6) is 6.61. The van der Waals surface area contributed by atoms with Crippen LogP contribution in [0.2, 0.25) is 0 Å². The number of hydrazine groups is 1. The zero-order chi connectivity index (χ0) is 14.5. The molecule has 0 aromatic carbocycles. The molecule has 0 amide bonds. The van der Waals surface area contributed by atoms with Crippen LogP contribution in [0.4, 0.5) is 11.5 Å². The van der Waals surface area contributed by atoms with Crippen LogP contribution in [0.15, 0.2) is 24.3 Å². The lowest BCUT2D eigenvalue weighted by Gasteiger charge is -2.24. The molecule has 3 N–H and O–H groups in total. The first kappa shape index (κ1) is 14.3. The van der Waals surface area contributed by atoms with Crippen molar-refractivity contribution < 1.29 is 9.66 Å². The van der Waals surface area contributed by atoms with Crippen molar-refractivity contribution in [2.75, 3.05) is 12.0 Å². The van der Waals surface area contributed by atoms with Crippen LogP contribution >= 0.6 is 0 Å². The Morgan fingerprint density at radius 1 is 1.50 bits per heavy atom. The second kappa shape index (κ2) is 6.33. The lowest BCUT2D eigenvalue weighted by atomic mass is 9.85. The van der Waals surface area contributed by atoms with Gasteiger partial charge in [0.15, 0.2) is 5.82 Å². The van der Waals surface area contributed by atoms with Crippen LogP contribution in [0.5, 0.6) is 5.88 Å². The number of ether oxygens (including phenoxy) is 1. The first-order valence-electron chi connectivity index (χ1n) is 6.51. The van der Waals surface area contributed by atoms with Crippen molar-refractivity contribution in [2.45, 2.75) is 19.8 Å². The number of anilines is 1. The molecule has 2 atom stereocenters. The molecule has 2 unspecified atom stereocenters. The maximum absolute atomic E-state index is 10.8. The highest BCUT2D eigenvalue weighted by molar-refractivity contribution is 5.47. The standard InChI is InChI=1S/C13H18N4O3/c1-9-4-2-3-5-10(9)8-20-13-7-11(17(18)19)6-12(15-13)16-14/h2-3,6-7,9-10H,4-5,8,14H2,1H3,(H,15,16). The van der Waals surface area contributed by atoms with Crippen LogP contribution in [-0.4, -0.2) is 16.5 Å². The fourth-order valence-corrected chi connectivity index (χ4v) is 2.18. The van der Waals surface area contributed by atoms with E-state index < -0.39 is 4.92 Å². The quantitative estimate of drug-likeness (QED) is 0.370. The molecule has 1 aliphatic carbocycles. The molecule has 0 aliphatic heterocycles. The fourth-order valence-electron chi connectivity index (χ4n) is 2.18. The largest absolute Gasteiger partial charge is 0.477 e. The molecule has 7 heteroatoms. The number of rotatable bonds is 5. The first-order chi connectivity index (χ1) is 9.60. The number of pyridine rings is 1. The smallest absolute Gasteiger partial charge is 0.278 e. The van der Waals surface area contributed by atoms with Crippen LogP contribution in [0.25, 0.3) is 0 Å². The average molecular weight is 278 g/mol. The minimum absolute atomic E-state index is 0.0976. The third-order valence-corrected chi connectivity index (χ3v) is 3.51. The molecular weight excluding hydrogens is 260 g/mol. The van der Waals surface area contributed by atoms with Crippen LogP contribution in [-0.2, 0) is 0 Å². The second-order valence-electron chi connectivity index (χ2n) is 4.94. The number of hydrogen-bond acceptors (Lipinski definition) is 6. The number of hydrogen-bond donors (Lipinski definition) is 2. The summed E-state index contributed by atoms with van der Waals surface area (Å²) in [6, 6.07) is 2.57. The predicted octanol–water partition coefficient (Wildman–Crippen LogP) is 2.26. The molecule has 7 nitrogen and oxygen atoms in total. The molecule has 0 radical (unpaired) electrons. The zero-order valence-corrected chi connectivity index (χ0v) is 11.3. The van der Waals surface area contributed by atoms with Gasteiger partial charge in [-0.1, -0.05) is 19.1 Å². The van der Waals surface area contributed by atoms with Crippen molar-refractivity contribution in [3.05, 3.63) is 34.4 Å². The van der Waals surface area contributed by atoms with Gasteiger partial charge < -0.3 is 10.2 Å². The first-order valence-corrected chi connectivity index (χ1v) is 6.51. The lowest BCUT2D eigenvalue weighted by Crippen LogP contribution is -2.21. The molecule has 20 heavy (non-hydrogen) atoms. The maximum Gasteiger partial charge on any atom is 0.278 e. The van der Waals surface area contributed by atoms with E-state index in [0.29, 0.717) is 18.4 Å². The number of aromatic nitrogens is 1. The van der Waals surface area contributed by atoms with E-state index >= 15 is 0 Å². The van der Waals surface area contributed by atoms with E-state index in [1.165, 1.54) is 12.1 Å². The summed E-state index contributed by atoms with van der Waals surface area (Å²) in [5, 5.41) is 10.8. The van der Waals surface area contributed by atoms with E-state index in [1.807, 2.05) is 0 Å². The molecular formula is C13H18N4O3. The molecule has 0 fully saturated rings. The van der Waals surface area contributed by atoms with Gasteiger partial charge in [-0.3, -0.25) is 10.1 Å². The minimum atomic E-state index is -0.499. The number of nitrogens with two attached hydrogens (primary N) is 1. The second-order valence-corrected chi connectivity index (χ2v) is 4.94. The molecule has 108 valence electrons. The molecule has 0 spiro atoms. The molecule has 0 saturated heterocycles. The summed E-state index contributed by atoms with van der Waals surface area (Å²) in [4.78, 5) is 14.4. The normalized spacial score (nSPS) is 21.5. The van der Waals surface area contributed by atoms with E-state index in [0.717, 1.165) is 12.8 Å². The molecule has 2 rings (SSSR count). The highest BCUT2D eigenvalue weighted by Gasteiger charge is 2.20. The Labute approximate surface area is 117 Å². The Kier molecular flexibility index (Phi) is 4.52.